The van der Waals surface area contributed by atoms with Crippen molar-refractivity contribution >= 4 is 62.6 Å². The number of rotatable bonds is 8. The number of halogens is 1. The van der Waals surface area contributed by atoms with Crippen LogP contribution in [0.4, 0.5) is 0 Å². The molecule has 0 saturated heterocycles. The van der Waals surface area contributed by atoms with Gasteiger partial charge in [0.25, 0.3) is 0 Å². The minimum Gasteiger partial charge on any atom is -0.341 e. The molecule has 0 aliphatic heterocycles. The molecule has 7 heteroatoms. The Hall–Kier alpha value is -3.09. The van der Waals surface area contributed by atoms with Gasteiger partial charge in [-0.1, -0.05) is 35.0 Å². The summed E-state index contributed by atoms with van der Waals surface area (Å²) in [4.78, 5) is 30.6. The lowest BCUT2D eigenvalue weighted by atomic mass is 10.0. The molecule has 3 aromatic carbocycles. The number of hydrogen-bond donors (Lipinski definition) is 0. The molecule has 0 N–H and O–H groups in total. The number of Topliss-reactive ketones (excluding diaryl/α,β-unsaturated/α-hetero) is 1. The van der Waals surface area contributed by atoms with Crippen molar-refractivity contribution in [3.8, 4) is 0 Å². The molecule has 1 aromatic heterocycles. The zero-order chi connectivity index (χ0) is 23.4. The van der Waals surface area contributed by atoms with E-state index in [0.29, 0.717) is 22.8 Å². The average molecular weight is 479 g/mol. The van der Waals surface area contributed by atoms with E-state index in [4.69, 9.17) is 16.4 Å². The highest BCUT2D eigenvalue weighted by Gasteiger charge is 2.18. The van der Waals surface area contributed by atoms with E-state index < -0.39 is 5.97 Å². The number of carbonyl (C=O) groups is 2. The van der Waals surface area contributed by atoms with Crippen molar-refractivity contribution in [1.29, 1.82) is 0 Å². The van der Waals surface area contributed by atoms with Gasteiger partial charge in [0.2, 0.25) is 5.78 Å². The van der Waals surface area contributed by atoms with Gasteiger partial charge in [-0.15, -0.1) is 11.8 Å². The minimum atomic E-state index is -0.563. The third-order valence-electron chi connectivity index (χ3n) is 5.32. The molecule has 168 valence electrons. The summed E-state index contributed by atoms with van der Waals surface area (Å²) in [5, 5.41) is 6.67. The molecular weight excluding hydrogens is 456 g/mol. The normalized spacial score (nSPS) is 11.8. The molecule has 0 aliphatic carbocycles. The number of aromatic nitrogens is 1. The van der Waals surface area contributed by atoms with Crippen molar-refractivity contribution in [2.24, 2.45) is 5.16 Å². The Labute approximate surface area is 201 Å². The van der Waals surface area contributed by atoms with Crippen LogP contribution in [0.1, 0.15) is 30.6 Å². The van der Waals surface area contributed by atoms with E-state index in [1.54, 1.807) is 11.8 Å². The summed E-state index contributed by atoms with van der Waals surface area (Å²) in [5.74, 6) is -0.208. The molecule has 0 saturated carbocycles. The second-order valence-corrected chi connectivity index (χ2v) is 9.10. The lowest BCUT2D eigenvalue weighted by Gasteiger charge is -2.07. The number of carbonyl (C=O) groups excluding carboxylic acids is 2. The van der Waals surface area contributed by atoms with Gasteiger partial charge >= 0.3 is 5.97 Å². The van der Waals surface area contributed by atoms with Crippen LogP contribution in [0.25, 0.3) is 21.8 Å². The molecule has 0 amide bonds. The van der Waals surface area contributed by atoms with Gasteiger partial charge in [-0.3, -0.25) is 4.79 Å². The lowest BCUT2D eigenvalue weighted by molar-refractivity contribution is -0.140. The van der Waals surface area contributed by atoms with Crippen molar-refractivity contribution < 1.29 is 14.4 Å². The average Bonchev–Trinajstić information content (AvgIpc) is 3.14. The molecule has 4 aromatic rings. The van der Waals surface area contributed by atoms with E-state index in [-0.39, 0.29) is 11.5 Å². The van der Waals surface area contributed by atoms with Crippen LogP contribution in [0.15, 0.2) is 76.8 Å². The second-order valence-electron chi connectivity index (χ2n) is 7.50. The summed E-state index contributed by atoms with van der Waals surface area (Å²) in [5.41, 5.74) is 2.94. The first-order valence-electron chi connectivity index (χ1n) is 10.7. The first-order chi connectivity index (χ1) is 16.0. The first kappa shape index (κ1) is 23.1. The van der Waals surface area contributed by atoms with Crippen LogP contribution >= 0.6 is 23.4 Å². The van der Waals surface area contributed by atoms with Crippen LogP contribution in [-0.2, 0) is 16.2 Å². The fourth-order valence-corrected chi connectivity index (χ4v) is 4.80. The van der Waals surface area contributed by atoms with Gasteiger partial charge in [-0.05, 0) is 55.5 Å². The standard InChI is InChI=1S/C26H23ClN2O3S/c1-3-29-24-7-5-4-6-21(24)22-16-18(8-13-25(22)29)26(31)23(28-32-17(2)30)14-15-33-20-11-9-19(27)10-12-20/h4-13,16H,3,14-15H2,1-2H3/b28-23+. The maximum absolute atomic E-state index is 13.3. The molecular formula is C26H23ClN2O3S. The van der Waals surface area contributed by atoms with Crippen molar-refractivity contribution in [3.63, 3.8) is 0 Å². The van der Waals surface area contributed by atoms with E-state index in [9.17, 15) is 9.59 Å². The number of ketones is 1. The number of nitrogens with zero attached hydrogens (tertiary/aromatic N) is 2. The highest BCUT2D eigenvalue weighted by atomic mass is 35.5. The summed E-state index contributed by atoms with van der Waals surface area (Å²) >= 11 is 7.52. The van der Waals surface area contributed by atoms with Gasteiger partial charge in [0.05, 0.1) is 0 Å². The van der Waals surface area contributed by atoms with Gasteiger partial charge in [0.15, 0.2) is 0 Å². The first-order valence-corrected chi connectivity index (χ1v) is 12.0. The molecule has 33 heavy (non-hydrogen) atoms. The zero-order valence-corrected chi connectivity index (χ0v) is 19.9. The fourth-order valence-electron chi connectivity index (χ4n) is 3.82. The molecule has 0 aliphatic rings. The maximum Gasteiger partial charge on any atom is 0.331 e. The van der Waals surface area contributed by atoms with E-state index >= 15 is 0 Å². The summed E-state index contributed by atoms with van der Waals surface area (Å²) in [6.45, 7) is 4.20. The largest absolute Gasteiger partial charge is 0.341 e. The smallest absolute Gasteiger partial charge is 0.331 e. The molecule has 0 bridgehead atoms. The van der Waals surface area contributed by atoms with E-state index in [1.165, 1.54) is 6.92 Å². The SMILES string of the molecule is CCn1c2ccccc2c2cc(C(=O)/C(CCSc3ccc(Cl)cc3)=N/OC(C)=O)ccc21. The van der Waals surface area contributed by atoms with E-state index in [2.05, 4.69) is 28.8 Å². The Bertz CT molecular complexity index is 1360. The van der Waals surface area contributed by atoms with Crippen molar-refractivity contribution in [2.45, 2.75) is 31.7 Å². The van der Waals surface area contributed by atoms with Crippen LogP contribution in [0.2, 0.25) is 5.02 Å². The summed E-state index contributed by atoms with van der Waals surface area (Å²) in [6, 6.07) is 21.3. The molecule has 1 heterocycles. The third kappa shape index (κ3) is 5.13. The van der Waals surface area contributed by atoms with E-state index in [1.807, 2.05) is 54.6 Å². The molecule has 0 radical (unpaired) electrons. The van der Waals surface area contributed by atoms with Crippen LogP contribution in [0.5, 0.6) is 0 Å². The number of benzene rings is 3. The molecule has 5 nitrogen and oxygen atoms in total. The monoisotopic (exact) mass is 478 g/mol. The fraction of sp³-hybridized carbons (Fsp3) is 0.192. The van der Waals surface area contributed by atoms with Gasteiger partial charge in [0, 0.05) is 62.9 Å². The number of oxime groups is 1. The Morgan fingerprint density at radius 2 is 1.73 bits per heavy atom. The zero-order valence-electron chi connectivity index (χ0n) is 18.4. The summed E-state index contributed by atoms with van der Waals surface area (Å²) in [7, 11) is 0. The predicted octanol–water partition coefficient (Wildman–Crippen LogP) is 6.75. The number of fused-ring (bicyclic) bond motifs is 3. The predicted molar refractivity (Wildman–Crippen MR) is 135 cm³/mol. The number of para-hydroxylation sites is 1. The van der Waals surface area contributed by atoms with Crippen molar-refractivity contribution in [2.75, 3.05) is 5.75 Å². The van der Waals surface area contributed by atoms with Crippen LogP contribution in [0.3, 0.4) is 0 Å². The molecule has 0 fully saturated rings. The molecule has 0 atom stereocenters. The van der Waals surface area contributed by atoms with Crippen molar-refractivity contribution in [3.05, 3.63) is 77.3 Å². The van der Waals surface area contributed by atoms with Gasteiger partial charge < -0.3 is 9.40 Å². The quantitative estimate of drug-likeness (QED) is 0.0923. The van der Waals surface area contributed by atoms with E-state index in [0.717, 1.165) is 33.2 Å². The maximum atomic E-state index is 13.3. The number of thioether (sulfide) groups is 1. The highest BCUT2D eigenvalue weighted by Crippen LogP contribution is 2.30. The highest BCUT2D eigenvalue weighted by molar-refractivity contribution is 7.99. The minimum absolute atomic E-state index is 0.213. The Kier molecular flexibility index (Phi) is 7.16. The molecule has 4 rings (SSSR count). The summed E-state index contributed by atoms with van der Waals surface area (Å²) in [6.07, 6.45) is 0.355. The second kappa shape index (κ2) is 10.2. The number of aryl methyl sites for hydroxylation is 1. The van der Waals surface area contributed by atoms with Crippen LogP contribution in [0, 0.1) is 0 Å². The van der Waals surface area contributed by atoms with Gasteiger partial charge in [0.1, 0.15) is 5.71 Å². The Balaban J connectivity index is 1.62. The number of hydrogen-bond acceptors (Lipinski definition) is 5. The topological polar surface area (TPSA) is 60.7 Å². The molecule has 0 unspecified atom stereocenters. The van der Waals surface area contributed by atoms with Crippen LogP contribution < -0.4 is 0 Å². The van der Waals surface area contributed by atoms with Gasteiger partial charge in [-0.2, -0.15) is 0 Å². The molecule has 0 spiro atoms. The van der Waals surface area contributed by atoms with Crippen molar-refractivity contribution in [1.82, 2.24) is 4.57 Å². The van der Waals surface area contributed by atoms with Gasteiger partial charge in [-0.25, -0.2) is 4.79 Å². The Morgan fingerprint density at radius 3 is 2.45 bits per heavy atom. The van der Waals surface area contributed by atoms with Crippen LogP contribution in [-0.4, -0.2) is 27.8 Å². The Morgan fingerprint density at radius 1 is 1.00 bits per heavy atom. The lowest BCUT2D eigenvalue weighted by Crippen LogP contribution is -2.16. The summed E-state index contributed by atoms with van der Waals surface area (Å²) < 4.78 is 2.23. The third-order valence-corrected chi connectivity index (χ3v) is 6.58.